The minimum Gasteiger partial charge on any atom is -0.479 e. The van der Waals surface area contributed by atoms with Crippen molar-refractivity contribution in [3.05, 3.63) is 0 Å². The lowest BCUT2D eigenvalue weighted by Crippen LogP contribution is -2.52. The molecule has 2 rings (SSSR count). The van der Waals surface area contributed by atoms with Crippen LogP contribution in [0.15, 0.2) is 0 Å². The van der Waals surface area contributed by atoms with E-state index in [0.29, 0.717) is 13.2 Å². The van der Waals surface area contributed by atoms with Gasteiger partial charge in [0.25, 0.3) is 0 Å². The molecule has 5 heteroatoms. The molecule has 0 amide bonds. The highest BCUT2D eigenvalue weighted by Crippen LogP contribution is 2.24. The first kappa shape index (κ1) is 14.8. The van der Waals surface area contributed by atoms with Crippen molar-refractivity contribution in [2.75, 3.05) is 39.3 Å². The molecular formula is C14H26N2O3. The zero-order valence-corrected chi connectivity index (χ0v) is 11.9. The van der Waals surface area contributed by atoms with Crippen molar-refractivity contribution in [1.29, 1.82) is 0 Å². The molecule has 1 saturated heterocycles. The van der Waals surface area contributed by atoms with E-state index in [1.165, 1.54) is 25.7 Å². The summed E-state index contributed by atoms with van der Waals surface area (Å²) >= 11 is 0. The maximum atomic E-state index is 11.1. The van der Waals surface area contributed by atoms with Crippen molar-refractivity contribution in [1.82, 2.24) is 9.80 Å². The highest BCUT2D eigenvalue weighted by molar-refractivity contribution is 5.72. The van der Waals surface area contributed by atoms with Gasteiger partial charge in [0.15, 0.2) is 6.10 Å². The summed E-state index contributed by atoms with van der Waals surface area (Å²) in [6.45, 7) is 6.89. The summed E-state index contributed by atoms with van der Waals surface area (Å²) in [6, 6.07) is 0.782. The van der Waals surface area contributed by atoms with Crippen LogP contribution < -0.4 is 0 Å². The third kappa shape index (κ3) is 4.16. The molecule has 0 radical (unpaired) electrons. The van der Waals surface area contributed by atoms with Gasteiger partial charge >= 0.3 is 5.97 Å². The van der Waals surface area contributed by atoms with Crippen LogP contribution in [-0.2, 0) is 9.53 Å². The second-order valence-corrected chi connectivity index (χ2v) is 5.56. The van der Waals surface area contributed by atoms with Crippen molar-refractivity contribution in [3.8, 4) is 0 Å². The van der Waals surface area contributed by atoms with Gasteiger partial charge < -0.3 is 9.84 Å². The average molecular weight is 270 g/mol. The number of piperazine rings is 1. The molecule has 0 bridgehead atoms. The monoisotopic (exact) mass is 270 g/mol. The van der Waals surface area contributed by atoms with Gasteiger partial charge in [-0.25, -0.2) is 4.79 Å². The molecule has 5 nitrogen and oxygen atoms in total. The molecule has 110 valence electrons. The molecule has 19 heavy (non-hydrogen) atoms. The lowest BCUT2D eigenvalue weighted by atomic mass is 10.1. The van der Waals surface area contributed by atoms with Gasteiger partial charge in [-0.15, -0.1) is 0 Å². The van der Waals surface area contributed by atoms with E-state index >= 15 is 0 Å². The van der Waals surface area contributed by atoms with Gasteiger partial charge in [-0.3, -0.25) is 9.80 Å². The van der Waals surface area contributed by atoms with E-state index < -0.39 is 12.1 Å². The van der Waals surface area contributed by atoms with Crippen LogP contribution in [0.5, 0.6) is 0 Å². The predicted molar refractivity (Wildman–Crippen MR) is 73.3 cm³/mol. The first-order chi connectivity index (χ1) is 9.20. The number of hydrogen-bond acceptors (Lipinski definition) is 4. The maximum Gasteiger partial charge on any atom is 0.334 e. The molecule has 1 N–H and O–H groups in total. The van der Waals surface area contributed by atoms with E-state index in [2.05, 4.69) is 9.80 Å². The molecule has 1 unspecified atom stereocenters. The van der Waals surface area contributed by atoms with Gasteiger partial charge in [-0.2, -0.15) is 0 Å². The molecule has 1 saturated carbocycles. The normalized spacial score (nSPS) is 24.7. The van der Waals surface area contributed by atoms with Gasteiger partial charge in [-0.05, 0) is 19.8 Å². The van der Waals surface area contributed by atoms with Gasteiger partial charge in [0.2, 0.25) is 0 Å². The van der Waals surface area contributed by atoms with E-state index in [0.717, 1.165) is 32.2 Å². The highest BCUT2D eigenvalue weighted by atomic mass is 16.5. The number of nitrogens with zero attached hydrogens (tertiary/aromatic N) is 2. The Labute approximate surface area is 115 Å². The lowest BCUT2D eigenvalue weighted by molar-refractivity contribution is -0.151. The Morgan fingerprint density at radius 3 is 2.42 bits per heavy atom. The standard InChI is InChI=1S/C14H26N2O3/c1-2-19-13(14(17)18)11-15-7-9-16(10-8-15)12-5-3-4-6-12/h12-13H,2-11H2,1H3,(H,17,18). The quantitative estimate of drug-likeness (QED) is 0.781. The maximum absolute atomic E-state index is 11.1. The van der Waals surface area contributed by atoms with Crippen LogP contribution in [0.4, 0.5) is 0 Å². The van der Waals surface area contributed by atoms with Crippen LogP contribution in [-0.4, -0.2) is 72.4 Å². The van der Waals surface area contributed by atoms with Crippen molar-refractivity contribution in [2.24, 2.45) is 0 Å². The predicted octanol–water partition coefficient (Wildman–Crippen LogP) is 1.04. The zero-order chi connectivity index (χ0) is 13.7. The molecule has 1 aliphatic heterocycles. The van der Waals surface area contributed by atoms with E-state index in [4.69, 9.17) is 9.84 Å². The summed E-state index contributed by atoms with van der Waals surface area (Å²) in [5.41, 5.74) is 0. The second-order valence-electron chi connectivity index (χ2n) is 5.56. The van der Waals surface area contributed by atoms with E-state index in [9.17, 15) is 4.79 Å². The van der Waals surface area contributed by atoms with Crippen LogP contribution in [0, 0.1) is 0 Å². The molecule has 0 aromatic heterocycles. The highest BCUT2D eigenvalue weighted by Gasteiger charge is 2.28. The van der Waals surface area contributed by atoms with Crippen molar-refractivity contribution in [2.45, 2.75) is 44.8 Å². The Kier molecular flexibility index (Phi) is 5.60. The minimum atomic E-state index is -0.847. The molecule has 0 spiro atoms. The largest absolute Gasteiger partial charge is 0.479 e. The molecule has 0 aromatic carbocycles. The first-order valence-electron chi connectivity index (χ1n) is 7.51. The van der Waals surface area contributed by atoms with Crippen LogP contribution in [0.1, 0.15) is 32.6 Å². The molecule has 1 aliphatic carbocycles. The first-order valence-corrected chi connectivity index (χ1v) is 7.51. The SMILES string of the molecule is CCOC(CN1CCN(C2CCCC2)CC1)C(=O)O. The fourth-order valence-electron chi connectivity index (χ4n) is 3.22. The molecule has 1 atom stereocenters. The van der Waals surface area contributed by atoms with Gasteiger partial charge in [0.05, 0.1) is 0 Å². The number of hydrogen-bond donors (Lipinski definition) is 1. The Bertz CT molecular complexity index is 284. The van der Waals surface area contributed by atoms with Crippen LogP contribution >= 0.6 is 0 Å². The molecule has 2 fully saturated rings. The number of carboxylic acid groups (broad SMARTS) is 1. The molecule has 2 aliphatic rings. The number of carboxylic acids is 1. The Hall–Kier alpha value is -0.650. The van der Waals surface area contributed by atoms with Gasteiger partial charge in [-0.1, -0.05) is 12.8 Å². The third-order valence-corrected chi connectivity index (χ3v) is 4.32. The zero-order valence-electron chi connectivity index (χ0n) is 11.9. The van der Waals surface area contributed by atoms with Crippen molar-refractivity contribution in [3.63, 3.8) is 0 Å². The number of ether oxygens (including phenoxy) is 1. The fraction of sp³-hybridized carbons (Fsp3) is 0.929. The second kappa shape index (κ2) is 7.22. The van der Waals surface area contributed by atoms with E-state index in [1.807, 2.05) is 6.92 Å². The summed E-state index contributed by atoms with van der Waals surface area (Å²) in [5, 5.41) is 9.10. The van der Waals surface area contributed by atoms with Gasteiger partial charge in [0.1, 0.15) is 0 Å². The van der Waals surface area contributed by atoms with Crippen LogP contribution in [0.2, 0.25) is 0 Å². The lowest BCUT2D eigenvalue weighted by Gasteiger charge is -2.38. The average Bonchev–Trinajstić information content (AvgIpc) is 2.93. The summed E-state index contributed by atoms with van der Waals surface area (Å²) in [6.07, 6.45) is 4.75. The summed E-state index contributed by atoms with van der Waals surface area (Å²) < 4.78 is 5.28. The Morgan fingerprint density at radius 2 is 1.89 bits per heavy atom. The smallest absolute Gasteiger partial charge is 0.334 e. The van der Waals surface area contributed by atoms with E-state index in [1.54, 1.807) is 0 Å². The summed E-state index contributed by atoms with van der Waals surface area (Å²) in [5.74, 6) is -0.847. The van der Waals surface area contributed by atoms with E-state index in [-0.39, 0.29) is 0 Å². The van der Waals surface area contributed by atoms with Crippen LogP contribution in [0.25, 0.3) is 0 Å². The van der Waals surface area contributed by atoms with Crippen molar-refractivity contribution < 1.29 is 14.6 Å². The fourth-order valence-corrected chi connectivity index (χ4v) is 3.22. The number of aliphatic carboxylic acids is 1. The van der Waals surface area contributed by atoms with Crippen molar-refractivity contribution >= 4 is 5.97 Å². The number of rotatable bonds is 6. The third-order valence-electron chi connectivity index (χ3n) is 4.32. The summed E-state index contributed by atoms with van der Waals surface area (Å²) in [7, 11) is 0. The van der Waals surface area contributed by atoms with Crippen LogP contribution in [0.3, 0.4) is 0 Å². The van der Waals surface area contributed by atoms with Gasteiger partial charge in [0, 0.05) is 45.4 Å². The number of carbonyl (C=O) groups is 1. The molecule has 1 heterocycles. The molecular weight excluding hydrogens is 244 g/mol. The minimum absolute atomic E-state index is 0.457. The topological polar surface area (TPSA) is 53.0 Å². The Balaban J connectivity index is 1.74. The summed E-state index contributed by atoms with van der Waals surface area (Å²) in [4.78, 5) is 15.9. The Morgan fingerprint density at radius 1 is 1.26 bits per heavy atom. The molecule has 0 aromatic rings.